The third kappa shape index (κ3) is 4.03. The fourth-order valence-electron chi connectivity index (χ4n) is 3.10. The van der Waals surface area contributed by atoms with Crippen molar-refractivity contribution in [3.8, 4) is 0 Å². The van der Waals surface area contributed by atoms with Gasteiger partial charge in [0.25, 0.3) is 0 Å². The van der Waals surface area contributed by atoms with Crippen LogP contribution in [-0.2, 0) is 6.42 Å². The van der Waals surface area contributed by atoms with Gasteiger partial charge in [0.2, 0.25) is 0 Å². The smallest absolute Gasteiger partial charge is 0.109 e. The summed E-state index contributed by atoms with van der Waals surface area (Å²) in [6, 6.07) is 1.09. The molecule has 0 saturated heterocycles. The van der Waals surface area contributed by atoms with Crippen molar-refractivity contribution in [3.05, 3.63) is 16.1 Å². The van der Waals surface area contributed by atoms with Gasteiger partial charge in [-0.2, -0.15) is 0 Å². The van der Waals surface area contributed by atoms with Gasteiger partial charge in [0.05, 0.1) is 6.04 Å². The summed E-state index contributed by atoms with van der Waals surface area (Å²) in [5, 5.41) is 5.06. The van der Waals surface area contributed by atoms with E-state index in [4.69, 9.17) is 0 Å². The van der Waals surface area contributed by atoms with Crippen LogP contribution in [0.1, 0.15) is 69.3 Å². The Hall–Kier alpha value is -0.410. The first kappa shape index (κ1) is 15.0. The first-order chi connectivity index (χ1) is 9.10. The maximum absolute atomic E-state index is 4.56. The number of thiazole rings is 1. The number of aromatic nitrogens is 1. The molecule has 2 nitrogen and oxygen atoms in total. The Bertz CT molecular complexity index is 386. The quantitative estimate of drug-likeness (QED) is 0.854. The first-order valence-electron chi connectivity index (χ1n) is 7.80. The van der Waals surface area contributed by atoms with E-state index in [1.807, 2.05) is 17.5 Å². The number of nitrogens with zero attached hydrogens (tertiary/aromatic N) is 1. The van der Waals surface area contributed by atoms with Gasteiger partial charge < -0.3 is 5.32 Å². The summed E-state index contributed by atoms with van der Waals surface area (Å²) in [5.41, 5.74) is 0. The molecule has 0 amide bonds. The van der Waals surface area contributed by atoms with Crippen LogP contribution < -0.4 is 5.32 Å². The Morgan fingerprint density at radius 2 is 2.16 bits per heavy atom. The van der Waals surface area contributed by atoms with Crippen LogP contribution >= 0.6 is 11.3 Å². The molecule has 1 heterocycles. The maximum atomic E-state index is 4.56. The van der Waals surface area contributed by atoms with Gasteiger partial charge >= 0.3 is 0 Å². The van der Waals surface area contributed by atoms with Crippen LogP contribution in [0.3, 0.4) is 0 Å². The minimum atomic E-state index is 0.404. The fraction of sp³-hybridized carbons (Fsp3) is 0.812. The van der Waals surface area contributed by atoms with E-state index in [-0.39, 0.29) is 0 Å². The molecule has 1 fully saturated rings. The van der Waals surface area contributed by atoms with Crippen molar-refractivity contribution < 1.29 is 0 Å². The van der Waals surface area contributed by atoms with Crippen LogP contribution in [-0.4, -0.2) is 11.0 Å². The molecule has 1 aromatic heterocycles. The monoisotopic (exact) mass is 280 g/mol. The van der Waals surface area contributed by atoms with Crippen LogP contribution in [0.15, 0.2) is 6.20 Å². The Kier molecular flexibility index (Phi) is 5.40. The van der Waals surface area contributed by atoms with Crippen LogP contribution in [0.25, 0.3) is 0 Å². The lowest BCUT2D eigenvalue weighted by Gasteiger charge is -2.33. The predicted octanol–water partition coefficient (Wildman–Crippen LogP) is 4.57. The Labute approximate surface area is 122 Å². The molecule has 1 N–H and O–H groups in total. The highest BCUT2D eigenvalue weighted by Crippen LogP contribution is 2.31. The molecule has 0 spiro atoms. The number of nitrogens with one attached hydrogen (secondary N) is 1. The summed E-state index contributed by atoms with van der Waals surface area (Å²) < 4.78 is 0. The molecule has 1 aliphatic carbocycles. The molecule has 1 aromatic rings. The zero-order chi connectivity index (χ0) is 13.8. The highest BCUT2D eigenvalue weighted by atomic mass is 32.1. The van der Waals surface area contributed by atoms with E-state index in [2.05, 4.69) is 38.0 Å². The number of rotatable bonds is 5. The van der Waals surface area contributed by atoms with Crippen LogP contribution in [0, 0.1) is 11.8 Å². The van der Waals surface area contributed by atoms with E-state index in [1.54, 1.807) is 0 Å². The summed E-state index contributed by atoms with van der Waals surface area (Å²) in [4.78, 5) is 5.96. The van der Waals surface area contributed by atoms with E-state index in [0.29, 0.717) is 12.1 Å². The average Bonchev–Trinajstić information content (AvgIpc) is 2.88. The van der Waals surface area contributed by atoms with Gasteiger partial charge in [0, 0.05) is 17.1 Å². The van der Waals surface area contributed by atoms with E-state index >= 15 is 0 Å². The predicted molar refractivity (Wildman–Crippen MR) is 83.6 cm³/mol. The van der Waals surface area contributed by atoms with Crippen LogP contribution in [0.5, 0.6) is 0 Å². The van der Waals surface area contributed by atoms with Gasteiger partial charge in [-0.3, -0.25) is 0 Å². The summed E-state index contributed by atoms with van der Waals surface area (Å²) in [6.07, 6.45) is 8.61. The third-order valence-corrected chi connectivity index (χ3v) is 5.76. The largest absolute Gasteiger partial charge is 0.305 e. The zero-order valence-corrected chi connectivity index (χ0v) is 13.6. The molecule has 0 aliphatic heterocycles. The number of aryl methyl sites for hydroxylation is 1. The molecule has 0 radical (unpaired) electrons. The highest BCUT2D eigenvalue weighted by Gasteiger charge is 2.25. The van der Waals surface area contributed by atoms with Gasteiger partial charge in [-0.25, -0.2) is 4.98 Å². The third-order valence-electron chi connectivity index (χ3n) is 4.43. The van der Waals surface area contributed by atoms with E-state index < -0.39 is 0 Å². The second kappa shape index (κ2) is 6.85. The molecule has 3 heteroatoms. The van der Waals surface area contributed by atoms with Crippen molar-refractivity contribution in [3.63, 3.8) is 0 Å². The summed E-state index contributed by atoms with van der Waals surface area (Å²) >= 11 is 1.86. The Morgan fingerprint density at radius 3 is 2.79 bits per heavy atom. The SMILES string of the molecule is CCc1cnc(C(C)NC2CCCC(C(C)C)C2)s1. The molecule has 3 atom stereocenters. The van der Waals surface area contributed by atoms with Crippen molar-refractivity contribution in [1.29, 1.82) is 0 Å². The summed E-state index contributed by atoms with van der Waals surface area (Å²) in [5.74, 6) is 1.73. The molecule has 2 rings (SSSR count). The highest BCUT2D eigenvalue weighted by molar-refractivity contribution is 7.11. The normalized spacial score (nSPS) is 25.7. The molecular formula is C16H28N2S. The van der Waals surface area contributed by atoms with Crippen molar-refractivity contribution in [2.75, 3.05) is 0 Å². The van der Waals surface area contributed by atoms with E-state index in [9.17, 15) is 0 Å². The van der Waals surface area contributed by atoms with Gasteiger partial charge in [-0.05, 0) is 38.0 Å². The molecule has 3 unspecified atom stereocenters. The zero-order valence-electron chi connectivity index (χ0n) is 12.8. The Morgan fingerprint density at radius 1 is 1.37 bits per heavy atom. The van der Waals surface area contributed by atoms with Gasteiger partial charge in [0.1, 0.15) is 5.01 Å². The Balaban J connectivity index is 1.89. The summed E-state index contributed by atoms with van der Waals surface area (Å²) in [6.45, 7) is 9.19. The van der Waals surface area contributed by atoms with Crippen molar-refractivity contribution in [1.82, 2.24) is 10.3 Å². The minimum absolute atomic E-state index is 0.404. The molecule has 19 heavy (non-hydrogen) atoms. The average molecular weight is 280 g/mol. The number of hydrogen-bond donors (Lipinski definition) is 1. The fourth-order valence-corrected chi connectivity index (χ4v) is 3.96. The molecular weight excluding hydrogens is 252 g/mol. The van der Waals surface area contributed by atoms with Gasteiger partial charge in [-0.1, -0.05) is 33.6 Å². The van der Waals surface area contributed by atoms with Crippen molar-refractivity contribution in [2.24, 2.45) is 11.8 Å². The first-order valence-corrected chi connectivity index (χ1v) is 8.62. The lowest BCUT2D eigenvalue weighted by atomic mass is 9.79. The van der Waals surface area contributed by atoms with Crippen LogP contribution in [0.4, 0.5) is 0 Å². The van der Waals surface area contributed by atoms with Gasteiger partial charge in [0.15, 0.2) is 0 Å². The van der Waals surface area contributed by atoms with Crippen LogP contribution in [0.2, 0.25) is 0 Å². The van der Waals surface area contributed by atoms with E-state index in [1.165, 1.54) is 35.6 Å². The lowest BCUT2D eigenvalue weighted by molar-refractivity contribution is 0.223. The van der Waals surface area contributed by atoms with E-state index in [0.717, 1.165) is 18.3 Å². The molecule has 0 bridgehead atoms. The molecule has 1 aliphatic rings. The minimum Gasteiger partial charge on any atom is -0.305 e. The summed E-state index contributed by atoms with van der Waals surface area (Å²) in [7, 11) is 0. The number of hydrogen-bond acceptors (Lipinski definition) is 3. The lowest BCUT2D eigenvalue weighted by Crippen LogP contribution is -2.36. The van der Waals surface area contributed by atoms with Crippen molar-refractivity contribution >= 4 is 11.3 Å². The van der Waals surface area contributed by atoms with Crippen molar-refractivity contribution in [2.45, 2.75) is 71.9 Å². The maximum Gasteiger partial charge on any atom is 0.109 e. The second-order valence-corrected chi connectivity index (χ2v) is 7.42. The van der Waals surface area contributed by atoms with Gasteiger partial charge in [-0.15, -0.1) is 11.3 Å². The topological polar surface area (TPSA) is 24.9 Å². The molecule has 1 saturated carbocycles. The molecule has 0 aromatic carbocycles. The molecule has 108 valence electrons. The standard InChI is InChI=1S/C16H28N2S/c1-5-15-10-17-16(19-15)12(4)18-14-8-6-7-13(9-14)11(2)3/h10-14,18H,5-9H2,1-4H3. The second-order valence-electron chi connectivity index (χ2n) is 6.27.